The SMILES string of the molecule is COc1ccccc1/C=C1\CC(=O)N(c2ccc3c(c2)OCO3)C1=O. The number of carbonyl (C=O) groups is 2. The van der Waals surface area contributed by atoms with Crippen LogP contribution in [0.3, 0.4) is 0 Å². The van der Waals surface area contributed by atoms with Gasteiger partial charge in [-0.15, -0.1) is 0 Å². The van der Waals surface area contributed by atoms with Crippen LogP contribution in [0.15, 0.2) is 48.0 Å². The van der Waals surface area contributed by atoms with Gasteiger partial charge in [-0.1, -0.05) is 18.2 Å². The number of imide groups is 1. The number of carbonyl (C=O) groups excluding carboxylic acids is 2. The van der Waals surface area contributed by atoms with Gasteiger partial charge in [0.05, 0.1) is 19.2 Å². The maximum absolute atomic E-state index is 12.7. The van der Waals surface area contributed by atoms with Crippen molar-refractivity contribution >= 4 is 23.6 Å². The molecule has 0 N–H and O–H groups in total. The maximum atomic E-state index is 12.7. The van der Waals surface area contributed by atoms with E-state index in [0.29, 0.717) is 28.5 Å². The van der Waals surface area contributed by atoms with Crippen LogP contribution >= 0.6 is 0 Å². The molecule has 2 aromatic carbocycles. The second-order valence-corrected chi connectivity index (χ2v) is 5.66. The van der Waals surface area contributed by atoms with E-state index in [1.54, 1.807) is 31.4 Å². The van der Waals surface area contributed by atoms with Crippen molar-refractivity contribution in [1.82, 2.24) is 0 Å². The second kappa shape index (κ2) is 5.98. The third-order valence-electron chi connectivity index (χ3n) is 4.15. The van der Waals surface area contributed by atoms with Gasteiger partial charge in [0.1, 0.15) is 5.75 Å². The number of amides is 2. The Bertz CT molecular complexity index is 902. The first-order valence-corrected chi connectivity index (χ1v) is 7.78. The van der Waals surface area contributed by atoms with Gasteiger partial charge in [0.25, 0.3) is 5.91 Å². The summed E-state index contributed by atoms with van der Waals surface area (Å²) in [7, 11) is 1.57. The molecule has 0 atom stereocenters. The number of anilines is 1. The Morgan fingerprint density at radius 1 is 1.08 bits per heavy atom. The van der Waals surface area contributed by atoms with Gasteiger partial charge in [-0.3, -0.25) is 9.59 Å². The first-order chi connectivity index (χ1) is 12.2. The standard InChI is InChI=1S/C19H15NO5/c1-23-15-5-3-2-4-12(15)8-13-9-18(21)20(19(13)22)14-6-7-16-17(10-14)25-11-24-16/h2-8,10H,9,11H2,1H3/b13-8+. The summed E-state index contributed by atoms with van der Waals surface area (Å²) in [5.74, 6) is 1.17. The van der Waals surface area contributed by atoms with Crippen molar-refractivity contribution in [2.75, 3.05) is 18.8 Å². The number of ether oxygens (including phenoxy) is 3. The third-order valence-corrected chi connectivity index (χ3v) is 4.15. The molecule has 2 amide bonds. The van der Waals surface area contributed by atoms with Crippen LogP contribution in [-0.4, -0.2) is 25.7 Å². The van der Waals surface area contributed by atoms with Crippen LogP contribution in [0.1, 0.15) is 12.0 Å². The van der Waals surface area contributed by atoms with E-state index < -0.39 is 0 Å². The second-order valence-electron chi connectivity index (χ2n) is 5.66. The Balaban J connectivity index is 1.67. The molecule has 126 valence electrons. The molecule has 25 heavy (non-hydrogen) atoms. The molecule has 1 saturated heterocycles. The highest BCUT2D eigenvalue weighted by atomic mass is 16.7. The van der Waals surface area contributed by atoms with E-state index in [1.165, 1.54) is 4.90 Å². The Labute approximate surface area is 144 Å². The Morgan fingerprint density at radius 2 is 1.88 bits per heavy atom. The largest absolute Gasteiger partial charge is 0.496 e. The molecule has 0 saturated carbocycles. The minimum absolute atomic E-state index is 0.0469. The molecule has 2 aromatic rings. The fourth-order valence-electron chi connectivity index (χ4n) is 2.95. The number of rotatable bonds is 3. The van der Waals surface area contributed by atoms with E-state index in [4.69, 9.17) is 14.2 Å². The van der Waals surface area contributed by atoms with E-state index >= 15 is 0 Å². The van der Waals surface area contributed by atoms with Gasteiger partial charge in [-0.25, -0.2) is 4.90 Å². The molecule has 0 bridgehead atoms. The van der Waals surface area contributed by atoms with E-state index in [2.05, 4.69) is 0 Å². The first kappa shape index (κ1) is 15.3. The summed E-state index contributed by atoms with van der Waals surface area (Å²) in [5, 5.41) is 0. The molecule has 0 aromatic heterocycles. The maximum Gasteiger partial charge on any atom is 0.261 e. The van der Waals surface area contributed by atoms with Gasteiger partial charge in [-0.2, -0.15) is 0 Å². The molecule has 0 unspecified atom stereocenters. The van der Waals surface area contributed by atoms with Crippen LogP contribution in [0.5, 0.6) is 17.2 Å². The summed E-state index contributed by atoms with van der Waals surface area (Å²) in [5.41, 5.74) is 1.66. The number of hydrogen-bond donors (Lipinski definition) is 0. The average Bonchev–Trinajstić information content (AvgIpc) is 3.19. The minimum Gasteiger partial charge on any atom is -0.496 e. The molecule has 6 heteroatoms. The zero-order valence-corrected chi connectivity index (χ0v) is 13.5. The number of benzene rings is 2. The van der Waals surface area contributed by atoms with Gasteiger partial charge >= 0.3 is 0 Å². The lowest BCUT2D eigenvalue weighted by Crippen LogP contribution is -2.28. The summed E-state index contributed by atoms with van der Waals surface area (Å²) in [6.07, 6.45) is 1.75. The Hall–Kier alpha value is -3.28. The van der Waals surface area contributed by atoms with E-state index in [9.17, 15) is 9.59 Å². The quantitative estimate of drug-likeness (QED) is 0.636. The summed E-state index contributed by atoms with van der Waals surface area (Å²) < 4.78 is 15.9. The molecule has 0 radical (unpaired) electrons. The molecular weight excluding hydrogens is 322 g/mol. The van der Waals surface area contributed by atoms with E-state index in [-0.39, 0.29) is 25.0 Å². The molecule has 2 aliphatic rings. The van der Waals surface area contributed by atoms with E-state index in [1.807, 2.05) is 24.3 Å². The highest BCUT2D eigenvalue weighted by Crippen LogP contribution is 2.37. The number of para-hydroxylation sites is 1. The fourth-order valence-corrected chi connectivity index (χ4v) is 2.95. The Morgan fingerprint density at radius 3 is 2.72 bits per heavy atom. The van der Waals surface area contributed by atoms with Gasteiger partial charge in [-0.05, 0) is 24.3 Å². The zero-order chi connectivity index (χ0) is 17.4. The number of hydrogen-bond acceptors (Lipinski definition) is 5. The predicted octanol–water partition coefficient (Wildman–Crippen LogP) is 2.77. The predicted molar refractivity (Wildman–Crippen MR) is 90.6 cm³/mol. The zero-order valence-electron chi connectivity index (χ0n) is 13.5. The Kier molecular flexibility index (Phi) is 3.65. The number of methoxy groups -OCH3 is 1. The molecular formula is C19H15NO5. The van der Waals surface area contributed by atoms with Crippen molar-refractivity contribution in [1.29, 1.82) is 0 Å². The number of nitrogens with zero attached hydrogens (tertiary/aromatic N) is 1. The van der Waals surface area contributed by atoms with Crippen LogP contribution in [0.4, 0.5) is 5.69 Å². The molecule has 4 rings (SSSR count). The topological polar surface area (TPSA) is 65.1 Å². The summed E-state index contributed by atoms with van der Waals surface area (Å²) in [6, 6.07) is 12.4. The van der Waals surface area contributed by atoms with Crippen molar-refractivity contribution in [3.63, 3.8) is 0 Å². The summed E-state index contributed by atoms with van der Waals surface area (Å²) >= 11 is 0. The van der Waals surface area contributed by atoms with Gasteiger partial charge in [0, 0.05) is 17.2 Å². The van der Waals surface area contributed by atoms with Crippen molar-refractivity contribution in [3.8, 4) is 17.2 Å². The first-order valence-electron chi connectivity index (χ1n) is 7.78. The van der Waals surface area contributed by atoms with Gasteiger partial charge in [0.15, 0.2) is 11.5 Å². The molecule has 6 nitrogen and oxygen atoms in total. The minimum atomic E-state index is -0.338. The third kappa shape index (κ3) is 2.61. The molecule has 0 spiro atoms. The van der Waals surface area contributed by atoms with Crippen LogP contribution in [0, 0.1) is 0 Å². The van der Waals surface area contributed by atoms with Crippen molar-refractivity contribution in [2.24, 2.45) is 0 Å². The monoisotopic (exact) mass is 337 g/mol. The van der Waals surface area contributed by atoms with Gasteiger partial charge in [0.2, 0.25) is 12.7 Å². The highest BCUT2D eigenvalue weighted by Gasteiger charge is 2.35. The molecule has 2 heterocycles. The van der Waals surface area contributed by atoms with Gasteiger partial charge < -0.3 is 14.2 Å². The molecule has 0 aliphatic carbocycles. The van der Waals surface area contributed by atoms with Crippen molar-refractivity contribution < 1.29 is 23.8 Å². The lowest BCUT2D eigenvalue weighted by Gasteiger charge is -2.14. The lowest BCUT2D eigenvalue weighted by atomic mass is 10.1. The molecule has 2 aliphatic heterocycles. The van der Waals surface area contributed by atoms with Crippen LogP contribution in [0.25, 0.3) is 6.08 Å². The smallest absolute Gasteiger partial charge is 0.261 e. The van der Waals surface area contributed by atoms with Crippen LogP contribution in [0.2, 0.25) is 0 Å². The van der Waals surface area contributed by atoms with Crippen molar-refractivity contribution in [3.05, 3.63) is 53.6 Å². The summed E-state index contributed by atoms with van der Waals surface area (Å²) in [6.45, 7) is 0.139. The highest BCUT2D eigenvalue weighted by molar-refractivity contribution is 6.29. The average molecular weight is 337 g/mol. The normalized spacial score (nSPS) is 17.5. The van der Waals surface area contributed by atoms with Crippen LogP contribution < -0.4 is 19.1 Å². The number of fused-ring (bicyclic) bond motifs is 1. The lowest BCUT2D eigenvalue weighted by molar-refractivity contribution is -0.120. The summed E-state index contributed by atoms with van der Waals surface area (Å²) in [4.78, 5) is 26.3. The van der Waals surface area contributed by atoms with E-state index in [0.717, 1.165) is 5.56 Å². The molecule has 1 fully saturated rings. The van der Waals surface area contributed by atoms with Crippen molar-refractivity contribution in [2.45, 2.75) is 6.42 Å². The fraction of sp³-hybridized carbons (Fsp3) is 0.158. The van der Waals surface area contributed by atoms with Crippen LogP contribution in [-0.2, 0) is 9.59 Å².